The summed E-state index contributed by atoms with van der Waals surface area (Å²) in [7, 11) is -0.820. The Labute approximate surface area is 259 Å². The standard InChI is InChI=1S/C38H33N2P3/c1-5-17-31(18-6-1)42(32-19-7-2-8-20-32)37-27-15-13-25-35(37)39-29-30-40(41-39)36-26-14-16-28-38(36)43(33-21-9-3-10-22-33)34-23-11-4-12-24-34/h1-28,41H,29-30H2. The molecule has 210 valence electrons. The van der Waals surface area contributed by atoms with Crippen LogP contribution in [0, 0.1) is 0 Å². The van der Waals surface area contributed by atoms with E-state index in [-0.39, 0.29) is 0 Å². The second kappa shape index (κ2) is 13.2. The predicted octanol–water partition coefficient (Wildman–Crippen LogP) is 7.04. The maximum Gasteiger partial charge on any atom is 0.0800 e. The first-order valence-corrected chi connectivity index (χ1v) is 18.2. The summed E-state index contributed by atoms with van der Waals surface area (Å²) in [6, 6.07) is 62.4. The summed E-state index contributed by atoms with van der Waals surface area (Å²) in [5.41, 5.74) is 2.71. The molecule has 5 heteroatoms. The molecular formula is C38H33N2P3. The van der Waals surface area contributed by atoms with Crippen LogP contribution in [0.2, 0.25) is 0 Å². The van der Waals surface area contributed by atoms with Crippen LogP contribution in [0.1, 0.15) is 0 Å². The number of nitrogens with zero attached hydrogens (tertiary/aromatic N) is 2. The van der Waals surface area contributed by atoms with Gasteiger partial charge in [0.2, 0.25) is 0 Å². The van der Waals surface area contributed by atoms with Crippen molar-refractivity contribution < 1.29 is 0 Å². The van der Waals surface area contributed by atoms with Crippen LogP contribution in [-0.2, 0) is 0 Å². The Morgan fingerprint density at radius 1 is 0.349 bits per heavy atom. The van der Waals surface area contributed by atoms with E-state index in [1.165, 1.54) is 43.2 Å². The molecule has 1 aliphatic heterocycles. The zero-order chi connectivity index (χ0) is 28.8. The van der Waals surface area contributed by atoms with E-state index in [1.54, 1.807) is 0 Å². The summed E-state index contributed by atoms with van der Waals surface area (Å²) in [6.07, 6.45) is 0. The van der Waals surface area contributed by atoms with Crippen LogP contribution in [0.4, 0.5) is 11.4 Å². The number of hydrogen-bond acceptors (Lipinski definition) is 2. The largest absolute Gasteiger partial charge is 0.334 e. The zero-order valence-corrected chi connectivity index (χ0v) is 26.7. The Hall–Kier alpha value is -3.79. The van der Waals surface area contributed by atoms with Gasteiger partial charge in [0.05, 0.1) is 8.88 Å². The molecule has 0 aromatic heterocycles. The first-order valence-electron chi connectivity index (χ1n) is 14.7. The first-order chi connectivity index (χ1) is 21.4. The van der Waals surface area contributed by atoms with Crippen molar-refractivity contribution in [3.63, 3.8) is 0 Å². The molecule has 0 spiro atoms. The summed E-state index contributed by atoms with van der Waals surface area (Å²) in [4.78, 5) is 0. The molecule has 0 bridgehead atoms. The third-order valence-electron chi connectivity index (χ3n) is 7.67. The Morgan fingerprint density at radius 2 is 0.628 bits per heavy atom. The Morgan fingerprint density at radius 3 is 0.953 bits per heavy atom. The normalized spacial score (nSPS) is 13.2. The van der Waals surface area contributed by atoms with Gasteiger partial charge in [-0.15, -0.1) is 0 Å². The van der Waals surface area contributed by atoms with E-state index in [9.17, 15) is 0 Å². The molecule has 1 saturated heterocycles. The molecule has 0 atom stereocenters. The Balaban J connectivity index is 1.25. The minimum atomic E-state index is -0.681. The third-order valence-corrected chi connectivity index (χ3v) is 14.1. The zero-order valence-electron chi connectivity index (χ0n) is 23.9. The van der Waals surface area contributed by atoms with Crippen molar-refractivity contribution in [2.45, 2.75) is 0 Å². The van der Waals surface area contributed by atoms with E-state index in [2.05, 4.69) is 179 Å². The SMILES string of the molecule is c1ccc(P(c2ccccc2)c2ccccc2N2CCN(c3ccccc3P(c3ccccc3)c3ccccc3)P2)cc1. The first kappa shape index (κ1) is 28.0. The quantitative estimate of drug-likeness (QED) is 0.171. The Kier molecular flexibility index (Phi) is 8.62. The lowest BCUT2D eigenvalue weighted by atomic mass is 10.3. The van der Waals surface area contributed by atoms with Crippen molar-refractivity contribution in [1.29, 1.82) is 0 Å². The fraction of sp³-hybridized carbons (Fsp3) is 0.0526. The van der Waals surface area contributed by atoms with Crippen molar-refractivity contribution >= 4 is 67.9 Å². The van der Waals surface area contributed by atoms with Crippen molar-refractivity contribution in [3.8, 4) is 0 Å². The molecule has 6 aromatic rings. The van der Waals surface area contributed by atoms with E-state index >= 15 is 0 Å². The van der Waals surface area contributed by atoms with E-state index in [0.29, 0.717) is 8.88 Å². The highest BCUT2D eigenvalue weighted by Crippen LogP contribution is 2.45. The van der Waals surface area contributed by atoms with Gasteiger partial charge in [-0.05, 0) is 49.2 Å². The van der Waals surface area contributed by atoms with Crippen LogP contribution >= 0.6 is 24.7 Å². The van der Waals surface area contributed by atoms with Gasteiger partial charge in [-0.2, -0.15) is 0 Å². The van der Waals surface area contributed by atoms with Gasteiger partial charge in [0, 0.05) is 35.1 Å². The molecule has 6 aromatic carbocycles. The molecule has 0 saturated carbocycles. The average Bonchev–Trinajstić information content (AvgIpc) is 3.58. The van der Waals surface area contributed by atoms with Crippen molar-refractivity contribution in [3.05, 3.63) is 170 Å². The molecule has 0 aliphatic carbocycles. The number of rotatable bonds is 8. The molecule has 43 heavy (non-hydrogen) atoms. The summed E-state index contributed by atoms with van der Waals surface area (Å²) in [5, 5.41) is 8.39. The predicted molar refractivity (Wildman–Crippen MR) is 193 cm³/mol. The lowest BCUT2D eigenvalue weighted by Crippen LogP contribution is -2.25. The molecule has 7 rings (SSSR count). The van der Waals surface area contributed by atoms with Crippen LogP contribution in [0.25, 0.3) is 0 Å². The van der Waals surface area contributed by atoms with Gasteiger partial charge >= 0.3 is 0 Å². The van der Waals surface area contributed by atoms with E-state index in [1.807, 2.05) is 0 Å². The minimum Gasteiger partial charge on any atom is -0.334 e. The van der Waals surface area contributed by atoms with Gasteiger partial charge in [0.1, 0.15) is 0 Å². The summed E-state index contributed by atoms with van der Waals surface area (Å²) in [6.45, 7) is 2.01. The van der Waals surface area contributed by atoms with Crippen LogP contribution in [0.3, 0.4) is 0 Å². The number of hydrogen-bond donors (Lipinski definition) is 0. The lowest BCUT2D eigenvalue weighted by molar-refractivity contribution is 1.03. The highest BCUT2D eigenvalue weighted by molar-refractivity contribution is 7.80. The number of para-hydroxylation sites is 2. The fourth-order valence-corrected chi connectivity index (χ4v) is 12.1. The smallest absolute Gasteiger partial charge is 0.0800 e. The third kappa shape index (κ3) is 6.02. The number of anilines is 2. The van der Waals surface area contributed by atoms with Crippen molar-refractivity contribution in [1.82, 2.24) is 0 Å². The molecule has 1 heterocycles. The van der Waals surface area contributed by atoms with Gasteiger partial charge in [0.25, 0.3) is 0 Å². The molecule has 2 nitrogen and oxygen atoms in total. The minimum absolute atomic E-state index is 0.542. The molecule has 0 unspecified atom stereocenters. The van der Waals surface area contributed by atoms with Crippen molar-refractivity contribution in [2.75, 3.05) is 22.4 Å². The molecule has 1 aliphatic rings. The van der Waals surface area contributed by atoms with Gasteiger partial charge in [-0.3, -0.25) is 0 Å². The second-order valence-electron chi connectivity index (χ2n) is 10.4. The summed E-state index contributed by atoms with van der Waals surface area (Å²) in [5.74, 6) is 0. The van der Waals surface area contributed by atoms with Crippen LogP contribution in [0.5, 0.6) is 0 Å². The average molecular weight is 611 g/mol. The number of benzene rings is 6. The fourth-order valence-electron chi connectivity index (χ4n) is 5.72. The molecule has 0 radical (unpaired) electrons. The van der Waals surface area contributed by atoms with Crippen molar-refractivity contribution in [2.24, 2.45) is 0 Å². The van der Waals surface area contributed by atoms with Crippen LogP contribution < -0.4 is 41.2 Å². The lowest BCUT2D eigenvalue weighted by Gasteiger charge is -2.29. The van der Waals surface area contributed by atoms with Crippen LogP contribution in [0.15, 0.2) is 170 Å². The maximum atomic E-state index is 2.61. The van der Waals surface area contributed by atoms with E-state index in [0.717, 1.165) is 13.1 Å². The van der Waals surface area contributed by atoms with E-state index < -0.39 is 15.8 Å². The maximum absolute atomic E-state index is 2.61. The van der Waals surface area contributed by atoms with Gasteiger partial charge in [-0.25, -0.2) is 0 Å². The monoisotopic (exact) mass is 610 g/mol. The molecule has 0 N–H and O–H groups in total. The highest BCUT2D eigenvalue weighted by Gasteiger charge is 2.29. The van der Waals surface area contributed by atoms with Crippen LogP contribution in [-0.4, -0.2) is 13.1 Å². The molecular weight excluding hydrogens is 577 g/mol. The van der Waals surface area contributed by atoms with E-state index in [4.69, 9.17) is 0 Å². The molecule has 1 fully saturated rings. The van der Waals surface area contributed by atoms with Gasteiger partial charge in [0.15, 0.2) is 0 Å². The second-order valence-corrected chi connectivity index (χ2v) is 16.0. The highest BCUT2D eigenvalue weighted by atomic mass is 31.1. The van der Waals surface area contributed by atoms with Gasteiger partial charge < -0.3 is 9.34 Å². The summed E-state index contributed by atoms with van der Waals surface area (Å²) >= 11 is 0. The summed E-state index contributed by atoms with van der Waals surface area (Å²) < 4.78 is 5.22. The topological polar surface area (TPSA) is 6.48 Å². The van der Waals surface area contributed by atoms with Gasteiger partial charge in [-0.1, -0.05) is 158 Å². The molecule has 0 amide bonds. The Bertz CT molecular complexity index is 1550.